The number of carbonyl (C=O) groups is 1. The fourth-order valence-electron chi connectivity index (χ4n) is 3.25. The summed E-state index contributed by atoms with van der Waals surface area (Å²) < 4.78 is 15.5. The second-order valence-corrected chi connectivity index (χ2v) is 6.42. The number of rotatable bonds is 9. The molecule has 1 aromatic rings. The van der Waals surface area contributed by atoms with Gasteiger partial charge in [0.1, 0.15) is 0 Å². The SMILES string of the molecule is COCCOCCC1CN(Cc2ccccc2)C(CO)CN1C(=O)OC. The normalized spacial score (nSPS) is 21.0. The molecular weight excluding hydrogens is 336 g/mol. The first-order chi connectivity index (χ1) is 12.7. The quantitative estimate of drug-likeness (QED) is 0.666. The van der Waals surface area contributed by atoms with Crippen LogP contribution in [0.4, 0.5) is 4.79 Å². The number of methoxy groups -OCH3 is 2. The number of aliphatic hydroxyl groups excluding tert-OH is 1. The second-order valence-electron chi connectivity index (χ2n) is 6.42. The van der Waals surface area contributed by atoms with Crippen LogP contribution in [0.3, 0.4) is 0 Å². The van der Waals surface area contributed by atoms with E-state index in [4.69, 9.17) is 14.2 Å². The van der Waals surface area contributed by atoms with Gasteiger partial charge in [0.25, 0.3) is 0 Å². The zero-order valence-corrected chi connectivity index (χ0v) is 15.7. The van der Waals surface area contributed by atoms with Crippen LogP contribution in [0.1, 0.15) is 12.0 Å². The fraction of sp³-hybridized carbons (Fsp3) is 0.632. The summed E-state index contributed by atoms with van der Waals surface area (Å²) in [6.07, 6.45) is 0.354. The third-order valence-electron chi connectivity index (χ3n) is 4.69. The first kappa shape index (κ1) is 20.6. The van der Waals surface area contributed by atoms with Crippen LogP contribution in [0.15, 0.2) is 30.3 Å². The Morgan fingerprint density at radius 1 is 1.12 bits per heavy atom. The minimum absolute atomic E-state index is 0.00259. The highest BCUT2D eigenvalue weighted by molar-refractivity contribution is 5.68. The van der Waals surface area contributed by atoms with Crippen molar-refractivity contribution < 1.29 is 24.1 Å². The van der Waals surface area contributed by atoms with Crippen LogP contribution < -0.4 is 0 Å². The van der Waals surface area contributed by atoms with E-state index in [-0.39, 0.29) is 24.8 Å². The Kier molecular flexibility index (Phi) is 8.84. The van der Waals surface area contributed by atoms with E-state index in [0.29, 0.717) is 39.3 Å². The minimum Gasteiger partial charge on any atom is -0.453 e. The van der Waals surface area contributed by atoms with Crippen molar-refractivity contribution in [2.24, 2.45) is 0 Å². The Morgan fingerprint density at radius 2 is 1.88 bits per heavy atom. The molecule has 0 bridgehead atoms. The number of aliphatic hydroxyl groups is 1. The molecule has 0 saturated carbocycles. The van der Waals surface area contributed by atoms with Gasteiger partial charge in [-0.3, -0.25) is 4.90 Å². The van der Waals surface area contributed by atoms with Gasteiger partial charge >= 0.3 is 6.09 Å². The lowest BCUT2D eigenvalue weighted by atomic mass is 10.0. The molecule has 1 aliphatic rings. The van der Waals surface area contributed by atoms with Crippen LogP contribution in [0.5, 0.6) is 0 Å². The first-order valence-corrected chi connectivity index (χ1v) is 8.99. The maximum atomic E-state index is 12.2. The number of hydrogen-bond donors (Lipinski definition) is 1. The molecule has 2 rings (SSSR count). The molecule has 1 N–H and O–H groups in total. The molecule has 0 aromatic heterocycles. The molecule has 1 aromatic carbocycles. The number of ether oxygens (including phenoxy) is 3. The number of nitrogens with zero attached hydrogens (tertiary/aromatic N) is 2. The number of piperazine rings is 1. The van der Waals surface area contributed by atoms with E-state index in [1.54, 1.807) is 12.0 Å². The van der Waals surface area contributed by atoms with E-state index in [2.05, 4.69) is 17.0 Å². The van der Waals surface area contributed by atoms with Crippen LogP contribution in [0.2, 0.25) is 0 Å². The van der Waals surface area contributed by atoms with Crippen molar-refractivity contribution in [2.45, 2.75) is 25.0 Å². The highest BCUT2D eigenvalue weighted by Gasteiger charge is 2.36. The molecule has 1 amide bonds. The third kappa shape index (κ3) is 5.95. The van der Waals surface area contributed by atoms with Gasteiger partial charge in [-0.2, -0.15) is 0 Å². The molecule has 26 heavy (non-hydrogen) atoms. The van der Waals surface area contributed by atoms with Gasteiger partial charge in [0.05, 0.1) is 39.0 Å². The number of carbonyl (C=O) groups excluding carboxylic acids is 1. The predicted octanol–water partition coefficient (Wildman–Crippen LogP) is 1.35. The molecule has 1 aliphatic heterocycles. The molecule has 1 fully saturated rings. The third-order valence-corrected chi connectivity index (χ3v) is 4.69. The molecular formula is C19H30N2O5. The van der Waals surface area contributed by atoms with E-state index < -0.39 is 0 Å². The minimum atomic E-state index is -0.357. The monoisotopic (exact) mass is 366 g/mol. The number of benzene rings is 1. The van der Waals surface area contributed by atoms with Crippen molar-refractivity contribution >= 4 is 6.09 Å². The highest BCUT2D eigenvalue weighted by atomic mass is 16.5. The van der Waals surface area contributed by atoms with Crippen molar-refractivity contribution in [1.29, 1.82) is 0 Å². The fourth-order valence-corrected chi connectivity index (χ4v) is 3.25. The van der Waals surface area contributed by atoms with Gasteiger partial charge in [0.15, 0.2) is 0 Å². The van der Waals surface area contributed by atoms with Crippen LogP contribution in [0, 0.1) is 0 Å². The van der Waals surface area contributed by atoms with Gasteiger partial charge in [-0.1, -0.05) is 30.3 Å². The molecule has 0 spiro atoms. The highest BCUT2D eigenvalue weighted by Crippen LogP contribution is 2.21. The lowest BCUT2D eigenvalue weighted by Crippen LogP contribution is -2.60. The van der Waals surface area contributed by atoms with E-state index in [1.165, 1.54) is 12.7 Å². The number of hydrogen-bond acceptors (Lipinski definition) is 6. The van der Waals surface area contributed by atoms with Crippen molar-refractivity contribution in [3.8, 4) is 0 Å². The van der Waals surface area contributed by atoms with E-state index in [0.717, 1.165) is 6.54 Å². The van der Waals surface area contributed by atoms with Crippen molar-refractivity contribution in [3.63, 3.8) is 0 Å². The van der Waals surface area contributed by atoms with Gasteiger partial charge in [0, 0.05) is 33.4 Å². The molecule has 146 valence electrons. The number of amides is 1. The Bertz CT molecular complexity index is 528. The van der Waals surface area contributed by atoms with Crippen LogP contribution in [0.25, 0.3) is 0 Å². The van der Waals surface area contributed by atoms with E-state index in [1.807, 2.05) is 18.2 Å². The average molecular weight is 366 g/mol. The van der Waals surface area contributed by atoms with E-state index in [9.17, 15) is 9.90 Å². The summed E-state index contributed by atoms with van der Waals surface area (Å²) in [4.78, 5) is 16.1. The summed E-state index contributed by atoms with van der Waals surface area (Å²) in [5.74, 6) is 0. The predicted molar refractivity (Wildman–Crippen MR) is 97.9 cm³/mol. The van der Waals surface area contributed by atoms with Gasteiger partial charge < -0.3 is 24.2 Å². The van der Waals surface area contributed by atoms with Gasteiger partial charge in [-0.05, 0) is 12.0 Å². The molecule has 7 heteroatoms. The molecule has 0 aliphatic carbocycles. The van der Waals surface area contributed by atoms with Crippen molar-refractivity contribution in [2.75, 3.05) is 53.7 Å². The summed E-state index contributed by atoms with van der Waals surface area (Å²) in [7, 11) is 3.03. The van der Waals surface area contributed by atoms with Crippen LogP contribution in [-0.4, -0.2) is 86.8 Å². The Hall–Kier alpha value is -1.67. The van der Waals surface area contributed by atoms with Crippen LogP contribution >= 0.6 is 0 Å². The van der Waals surface area contributed by atoms with Gasteiger partial charge in [-0.25, -0.2) is 4.79 Å². The summed E-state index contributed by atoms with van der Waals surface area (Å²) in [5, 5.41) is 9.81. The first-order valence-electron chi connectivity index (χ1n) is 8.99. The molecule has 1 heterocycles. The maximum Gasteiger partial charge on any atom is 0.409 e. The van der Waals surface area contributed by atoms with E-state index >= 15 is 0 Å². The second kappa shape index (κ2) is 11.1. The zero-order chi connectivity index (χ0) is 18.8. The van der Waals surface area contributed by atoms with Gasteiger partial charge in [-0.15, -0.1) is 0 Å². The largest absolute Gasteiger partial charge is 0.453 e. The Labute approximate surface area is 155 Å². The molecule has 2 atom stereocenters. The summed E-state index contributed by atoms with van der Waals surface area (Å²) in [5.41, 5.74) is 1.19. The molecule has 0 radical (unpaired) electrons. The summed E-state index contributed by atoms with van der Waals surface area (Å²) in [6, 6.07) is 10.0. The topological polar surface area (TPSA) is 71.5 Å². The average Bonchev–Trinajstić information content (AvgIpc) is 2.68. The van der Waals surface area contributed by atoms with Crippen LogP contribution in [-0.2, 0) is 20.8 Å². The molecule has 1 saturated heterocycles. The lowest BCUT2D eigenvalue weighted by Gasteiger charge is -2.45. The summed E-state index contributed by atoms with van der Waals surface area (Å²) in [6.45, 7) is 3.48. The smallest absolute Gasteiger partial charge is 0.409 e. The maximum absolute atomic E-state index is 12.2. The van der Waals surface area contributed by atoms with Crippen molar-refractivity contribution in [1.82, 2.24) is 9.80 Å². The Morgan fingerprint density at radius 3 is 2.54 bits per heavy atom. The van der Waals surface area contributed by atoms with Crippen molar-refractivity contribution in [3.05, 3.63) is 35.9 Å². The molecule has 2 unspecified atom stereocenters. The van der Waals surface area contributed by atoms with Gasteiger partial charge in [0.2, 0.25) is 0 Å². The lowest BCUT2D eigenvalue weighted by molar-refractivity contribution is -0.0119. The summed E-state index contributed by atoms with van der Waals surface area (Å²) >= 11 is 0. The Balaban J connectivity index is 2.01. The standard InChI is InChI=1S/C19H30N2O5/c1-24-10-11-26-9-8-17-13-20(12-16-6-4-3-5-7-16)18(15-22)14-21(17)19(23)25-2/h3-7,17-18,22H,8-15H2,1-2H3. The molecule has 7 nitrogen and oxygen atoms in total. The zero-order valence-electron chi connectivity index (χ0n) is 15.7.